The first-order chi connectivity index (χ1) is 17.3. The summed E-state index contributed by atoms with van der Waals surface area (Å²) >= 11 is 7.50. The maximum absolute atomic E-state index is 15.7. The minimum Gasteiger partial charge on any atom is -0.494 e. The van der Waals surface area contributed by atoms with Gasteiger partial charge in [-0.25, -0.2) is 8.78 Å². The van der Waals surface area contributed by atoms with E-state index in [-0.39, 0.29) is 60.2 Å². The first-order valence-electron chi connectivity index (χ1n) is 10.5. The van der Waals surface area contributed by atoms with Crippen LogP contribution in [0, 0.1) is 17.1 Å². The molecule has 2 N–H and O–H groups in total. The van der Waals surface area contributed by atoms with Crippen LogP contribution in [0.15, 0.2) is 31.4 Å². The normalized spacial score (nSPS) is 14.2. The summed E-state index contributed by atoms with van der Waals surface area (Å²) in [5, 5.41) is 18.0. The number of halogens is 3. The lowest BCUT2D eigenvalue weighted by molar-refractivity contribution is -0.127. The van der Waals surface area contributed by atoms with Crippen LogP contribution in [-0.4, -0.2) is 39.2 Å². The summed E-state index contributed by atoms with van der Waals surface area (Å²) in [4.78, 5) is 13.6. The lowest BCUT2D eigenvalue weighted by Crippen LogP contribution is -2.37. The second-order valence-corrected chi connectivity index (χ2v) is 9.06. The fourth-order valence-corrected chi connectivity index (χ4v) is 5.36. The number of methoxy groups -OCH3 is 1. The fourth-order valence-electron chi connectivity index (χ4n) is 4.14. The van der Waals surface area contributed by atoms with Crippen LogP contribution in [0.5, 0.6) is 5.75 Å². The Morgan fingerprint density at radius 3 is 2.72 bits per heavy atom. The van der Waals surface area contributed by atoms with Crippen LogP contribution in [0.1, 0.15) is 17.0 Å². The van der Waals surface area contributed by atoms with E-state index in [4.69, 9.17) is 22.1 Å². The van der Waals surface area contributed by atoms with Crippen LogP contribution in [0.3, 0.4) is 0 Å². The monoisotopic (exact) mass is 528 g/mol. The van der Waals surface area contributed by atoms with Crippen LogP contribution >= 0.6 is 22.9 Å². The number of ether oxygens (including phenoxy) is 1. The number of hydrogen-bond acceptors (Lipinski definition) is 7. The predicted octanol–water partition coefficient (Wildman–Crippen LogP) is 2.88. The van der Waals surface area contributed by atoms with Gasteiger partial charge >= 0.3 is 0 Å². The Bertz CT molecular complexity index is 1590. The van der Waals surface area contributed by atoms with Gasteiger partial charge in [0.15, 0.2) is 11.6 Å². The van der Waals surface area contributed by atoms with Gasteiger partial charge in [-0.05, 0) is 17.7 Å². The molecule has 0 atom stereocenters. The van der Waals surface area contributed by atoms with E-state index in [1.165, 1.54) is 25.3 Å². The quantitative estimate of drug-likeness (QED) is 0.510. The average molecular weight is 529 g/mol. The van der Waals surface area contributed by atoms with Crippen molar-refractivity contribution < 1.29 is 18.3 Å². The molecule has 184 valence electrons. The molecule has 0 bridgehead atoms. The molecule has 0 fully saturated rings. The molecule has 3 aromatic rings. The van der Waals surface area contributed by atoms with Crippen LogP contribution in [0.2, 0.25) is 5.02 Å². The number of carbonyl (C=O) groups is 1. The molecule has 2 aromatic heterocycles. The van der Waals surface area contributed by atoms with Gasteiger partial charge in [0.2, 0.25) is 5.91 Å². The SMILES string of the molecule is C=CC(=O)N1CCn2c(nnc2-c2cc(F)c(/C(C=C)=c3\c(C#N)c(N)s\c3=C/F)c(Cl)c2OC)C1. The Hall–Kier alpha value is -4.01. The molecule has 0 radical (unpaired) electrons. The van der Waals surface area contributed by atoms with Crippen LogP contribution in [0.25, 0.3) is 23.3 Å². The standard InChI is InChI=1S/C24H19ClF2N6O2S/c1-4-12(19-14(10-28)23(29)36-16(19)9-26)20-15(27)8-13(22(35-3)21(20)25)24-31-30-17-11-32(18(34)5-2)6-7-33(17)24/h4-5,8-9H,1-2,6-7,11,29H2,3H3/b16-9-,19-12+. The average Bonchev–Trinajstić information content (AvgIpc) is 3.45. The molecule has 1 aliphatic rings. The Labute approximate surface area is 213 Å². The van der Waals surface area contributed by atoms with Crippen LogP contribution in [0.4, 0.5) is 13.8 Å². The molecule has 1 amide bonds. The third kappa shape index (κ3) is 3.94. The van der Waals surface area contributed by atoms with Crippen molar-refractivity contribution in [2.75, 3.05) is 19.4 Å². The molecule has 4 rings (SSSR count). The number of thiophene rings is 1. The van der Waals surface area contributed by atoms with Gasteiger partial charge < -0.3 is 19.9 Å². The Balaban J connectivity index is 1.96. The van der Waals surface area contributed by atoms with Gasteiger partial charge in [0, 0.05) is 23.9 Å². The van der Waals surface area contributed by atoms with Gasteiger partial charge in [-0.1, -0.05) is 30.8 Å². The van der Waals surface area contributed by atoms with Crippen molar-refractivity contribution in [3.05, 3.63) is 68.9 Å². The smallest absolute Gasteiger partial charge is 0.246 e. The van der Waals surface area contributed by atoms with Gasteiger partial charge in [0.05, 0.1) is 34.3 Å². The number of allylic oxidation sites excluding steroid dienone is 1. The molecular formula is C24H19ClF2N6O2S. The van der Waals surface area contributed by atoms with E-state index in [1.807, 2.05) is 6.07 Å². The molecular weight excluding hydrogens is 510 g/mol. The molecule has 0 unspecified atom stereocenters. The highest BCUT2D eigenvalue weighted by atomic mass is 35.5. The number of nitrogen functional groups attached to an aromatic ring is 1. The van der Waals surface area contributed by atoms with E-state index in [0.717, 1.165) is 11.3 Å². The lowest BCUT2D eigenvalue weighted by atomic mass is 9.98. The molecule has 0 saturated carbocycles. The van der Waals surface area contributed by atoms with Crippen molar-refractivity contribution >= 4 is 45.7 Å². The first-order valence-corrected chi connectivity index (χ1v) is 11.7. The van der Waals surface area contributed by atoms with Crippen molar-refractivity contribution in [3.63, 3.8) is 0 Å². The van der Waals surface area contributed by atoms with E-state index >= 15 is 4.39 Å². The maximum Gasteiger partial charge on any atom is 0.246 e. The zero-order valence-electron chi connectivity index (χ0n) is 19.0. The molecule has 3 heterocycles. The number of anilines is 1. The number of nitrogens with zero attached hydrogens (tertiary/aromatic N) is 5. The highest BCUT2D eigenvalue weighted by Crippen LogP contribution is 2.42. The summed E-state index contributed by atoms with van der Waals surface area (Å²) in [7, 11) is 1.36. The van der Waals surface area contributed by atoms with E-state index in [9.17, 15) is 14.4 Å². The minimum atomic E-state index is -0.777. The lowest BCUT2D eigenvalue weighted by Gasteiger charge is -2.27. The summed E-state index contributed by atoms with van der Waals surface area (Å²) < 4.78 is 36.7. The van der Waals surface area contributed by atoms with Crippen LogP contribution in [-0.2, 0) is 17.9 Å². The van der Waals surface area contributed by atoms with Gasteiger partial charge in [-0.15, -0.1) is 21.5 Å². The van der Waals surface area contributed by atoms with E-state index in [1.54, 1.807) is 9.47 Å². The van der Waals surface area contributed by atoms with Gasteiger partial charge in [-0.3, -0.25) is 4.79 Å². The van der Waals surface area contributed by atoms with E-state index in [0.29, 0.717) is 31.1 Å². The highest BCUT2D eigenvalue weighted by Gasteiger charge is 2.28. The third-order valence-electron chi connectivity index (χ3n) is 5.77. The zero-order chi connectivity index (χ0) is 26.1. The molecule has 0 spiro atoms. The van der Waals surface area contributed by atoms with Gasteiger partial charge in [0.1, 0.15) is 29.0 Å². The molecule has 0 saturated heterocycles. The van der Waals surface area contributed by atoms with Crippen molar-refractivity contribution in [2.45, 2.75) is 13.1 Å². The second kappa shape index (κ2) is 9.93. The third-order valence-corrected chi connectivity index (χ3v) is 7.07. The van der Waals surface area contributed by atoms with Crippen LogP contribution < -0.4 is 20.2 Å². The Kier molecular flexibility index (Phi) is 6.92. The summed E-state index contributed by atoms with van der Waals surface area (Å²) in [6.45, 7) is 8.17. The molecule has 0 aliphatic carbocycles. The van der Waals surface area contributed by atoms with Gasteiger partial charge in [0.25, 0.3) is 0 Å². The zero-order valence-corrected chi connectivity index (χ0v) is 20.6. The number of nitrogens with two attached hydrogens (primary N) is 1. The number of amides is 1. The summed E-state index contributed by atoms with van der Waals surface area (Å²) in [5.41, 5.74) is 6.05. The number of carbonyl (C=O) groups excluding carboxylic acids is 1. The molecule has 12 heteroatoms. The fraction of sp³-hybridized carbons (Fsp3) is 0.167. The Morgan fingerprint density at radius 1 is 1.36 bits per heavy atom. The second-order valence-electron chi connectivity index (χ2n) is 7.60. The molecule has 36 heavy (non-hydrogen) atoms. The number of benzene rings is 1. The molecule has 8 nitrogen and oxygen atoms in total. The number of nitriles is 1. The summed E-state index contributed by atoms with van der Waals surface area (Å²) in [5.74, 6) is -0.108. The highest BCUT2D eigenvalue weighted by molar-refractivity contribution is 7.14. The predicted molar refractivity (Wildman–Crippen MR) is 134 cm³/mol. The Morgan fingerprint density at radius 2 is 2.11 bits per heavy atom. The van der Waals surface area contributed by atoms with E-state index in [2.05, 4.69) is 23.4 Å². The van der Waals surface area contributed by atoms with Gasteiger partial charge in [-0.2, -0.15) is 5.26 Å². The summed E-state index contributed by atoms with van der Waals surface area (Å²) in [6, 6.07) is 3.12. The van der Waals surface area contributed by atoms with Crippen molar-refractivity contribution in [1.29, 1.82) is 5.26 Å². The topological polar surface area (TPSA) is 110 Å². The van der Waals surface area contributed by atoms with Crippen molar-refractivity contribution in [2.24, 2.45) is 0 Å². The molecule has 1 aliphatic heterocycles. The number of hydrogen-bond donors (Lipinski definition) is 1. The number of fused-ring (bicyclic) bond motifs is 1. The number of rotatable bonds is 5. The molecule has 1 aromatic carbocycles. The van der Waals surface area contributed by atoms with E-state index < -0.39 is 5.82 Å². The number of aromatic nitrogens is 3. The van der Waals surface area contributed by atoms with Crippen molar-refractivity contribution in [1.82, 2.24) is 19.7 Å². The maximum atomic E-state index is 15.7. The summed E-state index contributed by atoms with van der Waals surface area (Å²) in [6.07, 6.45) is 2.80. The first kappa shape index (κ1) is 25.1. The van der Waals surface area contributed by atoms with Crippen molar-refractivity contribution in [3.8, 4) is 23.2 Å². The minimum absolute atomic E-state index is 0.0116. The largest absolute Gasteiger partial charge is 0.494 e.